The largest absolute Gasteiger partial charge is 0.508 e. The molecule has 4 heteroatoms. The van der Waals surface area contributed by atoms with Crippen molar-refractivity contribution in [3.8, 4) is 5.75 Å². The van der Waals surface area contributed by atoms with Gasteiger partial charge in [0.25, 0.3) is 5.91 Å². The number of rotatable bonds is 2. The zero-order valence-electron chi connectivity index (χ0n) is 7.78. The van der Waals surface area contributed by atoms with Gasteiger partial charge in [-0.3, -0.25) is 4.79 Å². The summed E-state index contributed by atoms with van der Waals surface area (Å²) in [6, 6.07) is 6.26. The van der Waals surface area contributed by atoms with Crippen molar-refractivity contribution in [3.63, 3.8) is 0 Å². The van der Waals surface area contributed by atoms with E-state index in [4.69, 9.17) is 5.11 Å². The maximum Gasteiger partial charge on any atom is 0.250 e. The Balaban J connectivity index is 0.00000169. The summed E-state index contributed by atoms with van der Waals surface area (Å²) in [5.41, 5.74) is 1.10. The molecule has 1 rings (SSSR count). The van der Waals surface area contributed by atoms with E-state index in [1.807, 2.05) is 0 Å². The Hall–Kier alpha value is -1.48. The van der Waals surface area contributed by atoms with Crippen LogP contribution < -0.4 is 5.32 Å². The Morgan fingerprint density at radius 3 is 2.29 bits per heavy atom. The van der Waals surface area contributed by atoms with Crippen molar-refractivity contribution in [2.24, 2.45) is 0 Å². The van der Waals surface area contributed by atoms with Crippen LogP contribution in [0.15, 0.2) is 36.4 Å². The van der Waals surface area contributed by atoms with Gasteiger partial charge in [0.15, 0.2) is 0 Å². The van der Waals surface area contributed by atoms with Crippen molar-refractivity contribution >= 4 is 24.0 Å². The van der Waals surface area contributed by atoms with Crippen molar-refractivity contribution in [3.05, 3.63) is 36.4 Å². The van der Waals surface area contributed by atoms with E-state index in [1.165, 1.54) is 12.1 Å². The van der Waals surface area contributed by atoms with E-state index in [0.29, 0.717) is 11.3 Å². The summed E-state index contributed by atoms with van der Waals surface area (Å²) in [6.45, 7) is 5.14. The molecule has 1 amide bonds. The third-order valence-electron chi connectivity index (χ3n) is 1.51. The molecule has 2 N–H and O–H groups in total. The molecule has 0 aromatic heterocycles. The number of anilines is 1. The number of hydrogen-bond acceptors (Lipinski definition) is 2. The number of aromatic hydroxyl groups is 1. The summed E-state index contributed by atoms with van der Waals surface area (Å²) in [5.74, 6) is -0.0426. The highest BCUT2D eigenvalue weighted by Crippen LogP contribution is 2.13. The number of amides is 1. The number of phenolic OH excluding ortho intramolecular Hbond substituents is 1. The Morgan fingerprint density at radius 2 is 1.86 bits per heavy atom. The standard InChI is InChI=1S/C10H11NO2.ClH/c1-7(2)10(13)11-8-3-5-9(12)6-4-8;/h3-6,12H,1H2,2H3,(H,11,13);1H. The molecule has 1 aromatic rings. The van der Waals surface area contributed by atoms with E-state index in [9.17, 15) is 4.79 Å². The number of hydrogen-bond donors (Lipinski definition) is 2. The fourth-order valence-corrected chi connectivity index (χ4v) is 0.783. The highest BCUT2D eigenvalue weighted by molar-refractivity contribution is 6.02. The maximum atomic E-state index is 11.1. The van der Waals surface area contributed by atoms with E-state index >= 15 is 0 Å². The average molecular weight is 214 g/mol. The molecule has 0 atom stereocenters. The molecule has 0 fully saturated rings. The van der Waals surface area contributed by atoms with E-state index < -0.39 is 0 Å². The van der Waals surface area contributed by atoms with E-state index in [1.54, 1.807) is 19.1 Å². The molecular formula is C10H12ClNO2. The molecule has 76 valence electrons. The van der Waals surface area contributed by atoms with Gasteiger partial charge in [0, 0.05) is 11.3 Å². The van der Waals surface area contributed by atoms with Crippen LogP contribution in [0.1, 0.15) is 6.92 Å². The van der Waals surface area contributed by atoms with Crippen molar-refractivity contribution in [2.45, 2.75) is 6.92 Å². The molecule has 0 bridgehead atoms. The minimum atomic E-state index is -0.217. The second kappa shape index (κ2) is 5.29. The third kappa shape index (κ3) is 3.49. The van der Waals surface area contributed by atoms with Gasteiger partial charge in [-0.25, -0.2) is 0 Å². The number of carbonyl (C=O) groups is 1. The van der Waals surface area contributed by atoms with Gasteiger partial charge in [0.1, 0.15) is 5.75 Å². The van der Waals surface area contributed by atoms with E-state index in [-0.39, 0.29) is 24.1 Å². The van der Waals surface area contributed by atoms with Crippen LogP contribution in [0.3, 0.4) is 0 Å². The quantitative estimate of drug-likeness (QED) is 0.585. The number of phenols is 1. The topological polar surface area (TPSA) is 49.3 Å². The van der Waals surface area contributed by atoms with Gasteiger partial charge in [-0.15, -0.1) is 12.4 Å². The summed E-state index contributed by atoms with van der Waals surface area (Å²) >= 11 is 0. The molecule has 14 heavy (non-hydrogen) atoms. The van der Waals surface area contributed by atoms with Crippen LogP contribution in [-0.4, -0.2) is 11.0 Å². The molecule has 0 saturated heterocycles. The second-order valence-electron chi connectivity index (χ2n) is 2.78. The molecule has 0 aliphatic rings. The molecule has 0 aliphatic carbocycles. The minimum absolute atomic E-state index is 0. The Kier molecular flexibility index (Phi) is 4.73. The Morgan fingerprint density at radius 1 is 1.36 bits per heavy atom. The molecule has 0 saturated carbocycles. The van der Waals surface area contributed by atoms with Crippen LogP contribution >= 0.6 is 12.4 Å². The summed E-state index contributed by atoms with van der Waals surface area (Å²) in [7, 11) is 0. The van der Waals surface area contributed by atoms with Crippen LogP contribution in [0.2, 0.25) is 0 Å². The van der Waals surface area contributed by atoms with Crippen molar-refractivity contribution < 1.29 is 9.90 Å². The van der Waals surface area contributed by atoms with Gasteiger partial charge in [0.05, 0.1) is 0 Å². The van der Waals surface area contributed by atoms with Gasteiger partial charge in [0.2, 0.25) is 0 Å². The first-order valence-corrected chi connectivity index (χ1v) is 3.85. The van der Waals surface area contributed by atoms with Crippen LogP contribution in [0.25, 0.3) is 0 Å². The van der Waals surface area contributed by atoms with Crippen LogP contribution in [0.4, 0.5) is 5.69 Å². The van der Waals surface area contributed by atoms with Gasteiger partial charge in [-0.05, 0) is 31.2 Å². The smallest absolute Gasteiger partial charge is 0.250 e. The Bertz CT molecular complexity index is 332. The molecule has 0 heterocycles. The van der Waals surface area contributed by atoms with Gasteiger partial charge < -0.3 is 10.4 Å². The molecule has 0 aliphatic heterocycles. The lowest BCUT2D eigenvalue weighted by Crippen LogP contribution is -2.11. The van der Waals surface area contributed by atoms with E-state index in [0.717, 1.165) is 0 Å². The lowest BCUT2D eigenvalue weighted by atomic mass is 10.2. The van der Waals surface area contributed by atoms with Crippen LogP contribution in [-0.2, 0) is 4.79 Å². The highest BCUT2D eigenvalue weighted by Gasteiger charge is 2.01. The number of nitrogens with one attached hydrogen (secondary N) is 1. The lowest BCUT2D eigenvalue weighted by molar-refractivity contribution is -0.112. The molecule has 1 aromatic carbocycles. The van der Waals surface area contributed by atoms with Gasteiger partial charge in [-0.2, -0.15) is 0 Å². The first kappa shape index (κ1) is 12.5. The average Bonchev–Trinajstić information content (AvgIpc) is 2.08. The zero-order chi connectivity index (χ0) is 9.84. The van der Waals surface area contributed by atoms with E-state index in [2.05, 4.69) is 11.9 Å². The fraction of sp³-hybridized carbons (Fsp3) is 0.100. The first-order valence-electron chi connectivity index (χ1n) is 3.85. The van der Waals surface area contributed by atoms with Crippen LogP contribution in [0.5, 0.6) is 5.75 Å². The monoisotopic (exact) mass is 213 g/mol. The number of halogens is 1. The van der Waals surface area contributed by atoms with Crippen molar-refractivity contribution in [1.29, 1.82) is 0 Å². The summed E-state index contributed by atoms with van der Waals surface area (Å²) in [6.07, 6.45) is 0. The Labute approximate surface area is 88.9 Å². The summed E-state index contributed by atoms with van der Waals surface area (Å²) in [4.78, 5) is 11.1. The molecule has 0 spiro atoms. The first-order chi connectivity index (χ1) is 6.09. The number of carbonyl (C=O) groups excluding carboxylic acids is 1. The maximum absolute atomic E-state index is 11.1. The van der Waals surface area contributed by atoms with Crippen molar-refractivity contribution in [1.82, 2.24) is 0 Å². The predicted molar refractivity (Wildman–Crippen MR) is 58.8 cm³/mol. The predicted octanol–water partition coefficient (Wildman–Crippen LogP) is 2.33. The number of benzene rings is 1. The normalized spacial score (nSPS) is 8.64. The molecule has 3 nitrogen and oxygen atoms in total. The summed E-state index contributed by atoms with van der Waals surface area (Å²) < 4.78 is 0. The zero-order valence-corrected chi connectivity index (χ0v) is 8.60. The van der Waals surface area contributed by atoms with Crippen molar-refractivity contribution in [2.75, 3.05) is 5.32 Å². The minimum Gasteiger partial charge on any atom is -0.508 e. The second-order valence-corrected chi connectivity index (χ2v) is 2.78. The summed E-state index contributed by atoms with van der Waals surface area (Å²) in [5, 5.41) is 11.6. The highest BCUT2D eigenvalue weighted by atomic mass is 35.5. The SMILES string of the molecule is C=C(C)C(=O)Nc1ccc(O)cc1.Cl. The third-order valence-corrected chi connectivity index (χ3v) is 1.51. The van der Waals surface area contributed by atoms with Crippen LogP contribution in [0, 0.1) is 0 Å². The van der Waals surface area contributed by atoms with Gasteiger partial charge >= 0.3 is 0 Å². The lowest BCUT2D eigenvalue weighted by Gasteiger charge is -2.03. The molecular weight excluding hydrogens is 202 g/mol. The fourth-order valence-electron chi connectivity index (χ4n) is 0.783. The van der Waals surface area contributed by atoms with Gasteiger partial charge in [-0.1, -0.05) is 6.58 Å². The molecule has 0 radical (unpaired) electrons. The molecule has 0 unspecified atom stereocenters.